The summed E-state index contributed by atoms with van der Waals surface area (Å²) in [6, 6.07) is 0. The lowest BCUT2D eigenvalue weighted by Crippen LogP contribution is -2.53. The van der Waals surface area contributed by atoms with Gasteiger partial charge in [-0.05, 0) is 25.8 Å². The lowest BCUT2D eigenvalue weighted by molar-refractivity contribution is -0.127. The van der Waals surface area contributed by atoms with Gasteiger partial charge in [-0.1, -0.05) is 6.92 Å². The number of carbonyl (C=O) groups excluding carboxylic acids is 1. The van der Waals surface area contributed by atoms with Crippen molar-refractivity contribution in [3.8, 4) is 0 Å². The average Bonchev–Trinajstić information content (AvgIpc) is 2.66. The van der Waals surface area contributed by atoms with Gasteiger partial charge in [0.15, 0.2) is 0 Å². The molecule has 1 rings (SSSR count). The maximum Gasteiger partial charge on any atom is 0.240 e. The smallest absolute Gasteiger partial charge is 0.240 e. The number of hydrogen-bond acceptors (Lipinski definition) is 3. The van der Waals surface area contributed by atoms with Crippen LogP contribution in [0, 0.1) is 0 Å². The van der Waals surface area contributed by atoms with Gasteiger partial charge in [-0.2, -0.15) is 0 Å². The highest BCUT2D eigenvalue weighted by atomic mass is 32.2. The lowest BCUT2D eigenvalue weighted by atomic mass is 9.93. The minimum Gasteiger partial charge on any atom is -0.354 e. The van der Waals surface area contributed by atoms with Crippen LogP contribution in [-0.2, 0) is 15.6 Å². The minimum absolute atomic E-state index is 0.0629. The number of rotatable bonds is 5. The molecule has 2 atom stereocenters. The first kappa shape index (κ1) is 12.6. The van der Waals surface area contributed by atoms with Gasteiger partial charge < -0.3 is 10.6 Å². The van der Waals surface area contributed by atoms with Gasteiger partial charge in [0.2, 0.25) is 5.91 Å². The molecule has 0 radical (unpaired) electrons. The summed E-state index contributed by atoms with van der Waals surface area (Å²) < 4.78 is 10.8. The molecule has 1 aliphatic rings. The fourth-order valence-electron chi connectivity index (χ4n) is 1.94. The second-order valence-corrected chi connectivity index (χ2v) is 5.55. The molecule has 1 heterocycles. The Kier molecular flexibility index (Phi) is 4.73. The first-order chi connectivity index (χ1) is 7.10. The number of nitrogens with one attached hydrogen (secondary N) is 2. The van der Waals surface area contributed by atoms with Crippen LogP contribution in [0.15, 0.2) is 0 Å². The van der Waals surface area contributed by atoms with Crippen molar-refractivity contribution >= 4 is 16.7 Å². The zero-order valence-corrected chi connectivity index (χ0v) is 10.3. The van der Waals surface area contributed by atoms with Crippen LogP contribution in [0.1, 0.15) is 26.2 Å². The maximum atomic E-state index is 11.9. The topological polar surface area (TPSA) is 58.2 Å². The molecule has 15 heavy (non-hydrogen) atoms. The third-order valence-electron chi connectivity index (χ3n) is 2.96. The summed E-state index contributed by atoms with van der Waals surface area (Å²) in [4.78, 5) is 11.9. The third-order valence-corrected chi connectivity index (χ3v) is 3.74. The van der Waals surface area contributed by atoms with Crippen LogP contribution < -0.4 is 10.6 Å². The van der Waals surface area contributed by atoms with E-state index in [4.69, 9.17) is 0 Å². The Balaban J connectivity index is 2.40. The Morgan fingerprint density at radius 1 is 1.60 bits per heavy atom. The molecule has 0 aromatic heterocycles. The van der Waals surface area contributed by atoms with Crippen molar-refractivity contribution in [2.24, 2.45) is 0 Å². The van der Waals surface area contributed by atoms with Crippen molar-refractivity contribution in [3.05, 3.63) is 0 Å². The molecule has 1 aliphatic heterocycles. The van der Waals surface area contributed by atoms with E-state index in [-0.39, 0.29) is 11.4 Å². The van der Waals surface area contributed by atoms with Crippen molar-refractivity contribution < 1.29 is 9.00 Å². The van der Waals surface area contributed by atoms with Crippen LogP contribution in [0.3, 0.4) is 0 Å². The average molecular weight is 232 g/mol. The Hall–Kier alpha value is -0.420. The summed E-state index contributed by atoms with van der Waals surface area (Å²) in [5.41, 5.74) is -0.366. The van der Waals surface area contributed by atoms with Gasteiger partial charge in [0.05, 0.1) is 5.54 Å². The maximum absolute atomic E-state index is 11.9. The fraction of sp³-hybridized carbons (Fsp3) is 0.900. The lowest BCUT2D eigenvalue weighted by Gasteiger charge is -2.26. The molecule has 1 saturated heterocycles. The molecule has 0 aromatic rings. The van der Waals surface area contributed by atoms with Crippen molar-refractivity contribution in [3.63, 3.8) is 0 Å². The Labute approximate surface area is 93.7 Å². The van der Waals surface area contributed by atoms with Gasteiger partial charge in [0.1, 0.15) is 0 Å². The van der Waals surface area contributed by atoms with E-state index >= 15 is 0 Å². The standard InChI is InChI=1S/C10H20N2O2S/c1-3-10(5-4-6-12-10)9(13)11-7-8-15(2)14/h12H,3-8H2,1-2H3,(H,11,13). The SMILES string of the molecule is CCC1(C(=O)NCCS(C)=O)CCCN1. The molecule has 2 N–H and O–H groups in total. The van der Waals surface area contributed by atoms with E-state index in [1.807, 2.05) is 6.92 Å². The molecule has 0 aliphatic carbocycles. The van der Waals surface area contributed by atoms with Crippen molar-refractivity contribution in [2.45, 2.75) is 31.7 Å². The summed E-state index contributed by atoms with van der Waals surface area (Å²) in [5.74, 6) is 0.596. The molecular formula is C10H20N2O2S. The summed E-state index contributed by atoms with van der Waals surface area (Å²) in [5, 5.41) is 6.12. The molecular weight excluding hydrogens is 212 g/mol. The van der Waals surface area contributed by atoms with E-state index < -0.39 is 10.8 Å². The van der Waals surface area contributed by atoms with Gasteiger partial charge in [0.25, 0.3) is 0 Å². The van der Waals surface area contributed by atoms with Crippen LogP contribution in [-0.4, -0.2) is 40.8 Å². The number of carbonyl (C=O) groups is 1. The molecule has 0 spiro atoms. The van der Waals surface area contributed by atoms with E-state index in [1.54, 1.807) is 6.26 Å². The molecule has 4 nitrogen and oxygen atoms in total. The molecule has 0 bridgehead atoms. The second-order valence-electron chi connectivity index (χ2n) is 4.00. The first-order valence-corrected chi connectivity index (χ1v) is 7.17. The van der Waals surface area contributed by atoms with Crippen molar-refractivity contribution in [1.82, 2.24) is 10.6 Å². The van der Waals surface area contributed by atoms with E-state index in [2.05, 4.69) is 10.6 Å². The minimum atomic E-state index is -0.834. The van der Waals surface area contributed by atoms with Crippen molar-refractivity contribution in [2.75, 3.05) is 25.1 Å². The quantitative estimate of drug-likeness (QED) is 0.702. The molecule has 0 saturated carbocycles. The predicted molar refractivity (Wildman–Crippen MR) is 62.2 cm³/mol. The summed E-state index contributed by atoms with van der Waals surface area (Å²) >= 11 is 0. The van der Waals surface area contributed by atoms with Gasteiger partial charge in [-0.15, -0.1) is 0 Å². The monoisotopic (exact) mass is 232 g/mol. The van der Waals surface area contributed by atoms with Crippen LogP contribution in [0.4, 0.5) is 0 Å². The first-order valence-electron chi connectivity index (χ1n) is 5.44. The van der Waals surface area contributed by atoms with Gasteiger partial charge in [-0.3, -0.25) is 9.00 Å². The van der Waals surface area contributed by atoms with Gasteiger partial charge in [-0.25, -0.2) is 0 Å². The Morgan fingerprint density at radius 2 is 2.33 bits per heavy atom. The molecule has 1 fully saturated rings. The van der Waals surface area contributed by atoms with Gasteiger partial charge >= 0.3 is 0 Å². The van der Waals surface area contributed by atoms with Gasteiger partial charge in [0, 0.05) is 29.4 Å². The van der Waals surface area contributed by atoms with E-state index in [9.17, 15) is 9.00 Å². The molecule has 1 amide bonds. The highest BCUT2D eigenvalue weighted by Crippen LogP contribution is 2.22. The van der Waals surface area contributed by atoms with Crippen molar-refractivity contribution in [1.29, 1.82) is 0 Å². The van der Waals surface area contributed by atoms with E-state index in [0.717, 1.165) is 25.8 Å². The van der Waals surface area contributed by atoms with Crippen LogP contribution in [0.2, 0.25) is 0 Å². The number of hydrogen-bond donors (Lipinski definition) is 2. The summed E-state index contributed by atoms with van der Waals surface area (Å²) in [6.45, 7) is 3.45. The zero-order valence-electron chi connectivity index (χ0n) is 9.47. The summed E-state index contributed by atoms with van der Waals surface area (Å²) in [7, 11) is -0.834. The predicted octanol–water partition coefficient (Wildman–Crippen LogP) is 0.0133. The normalized spacial score (nSPS) is 27.6. The van der Waals surface area contributed by atoms with Crippen LogP contribution in [0.5, 0.6) is 0 Å². The Bertz CT molecular complexity index is 250. The highest BCUT2D eigenvalue weighted by molar-refractivity contribution is 7.84. The molecule has 2 unspecified atom stereocenters. The van der Waals surface area contributed by atoms with E-state index in [1.165, 1.54) is 0 Å². The molecule has 0 aromatic carbocycles. The van der Waals surface area contributed by atoms with Crippen LogP contribution >= 0.6 is 0 Å². The highest BCUT2D eigenvalue weighted by Gasteiger charge is 2.38. The molecule has 88 valence electrons. The van der Waals surface area contributed by atoms with Crippen LogP contribution in [0.25, 0.3) is 0 Å². The zero-order chi connectivity index (χ0) is 11.3. The largest absolute Gasteiger partial charge is 0.354 e. The Morgan fingerprint density at radius 3 is 2.80 bits per heavy atom. The third kappa shape index (κ3) is 3.28. The number of amides is 1. The van der Waals surface area contributed by atoms with E-state index in [0.29, 0.717) is 12.3 Å². The molecule has 5 heteroatoms. The second kappa shape index (κ2) is 5.61. The summed E-state index contributed by atoms with van der Waals surface area (Å²) in [6.07, 6.45) is 4.43. The fourth-order valence-corrected chi connectivity index (χ4v) is 2.33.